The van der Waals surface area contributed by atoms with E-state index < -0.39 is 17.5 Å². The fourth-order valence-corrected chi connectivity index (χ4v) is 5.26. The molecular weight excluding hydrogens is 464 g/mol. The monoisotopic (exact) mass is 494 g/mol. The van der Waals surface area contributed by atoms with Crippen molar-refractivity contribution in [1.82, 2.24) is 4.90 Å². The average Bonchev–Trinajstić information content (AvgIpc) is 3.23. The van der Waals surface area contributed by atoms with Gasteiger partial charge in [-0.25, -0.2) is 4.79 Å². The maximum Gasteiger partial charge on any atom is 0.342 e. The van der Waals surface area contributed by atoms with Crippen LogP contribution < -0.4 is 5.73 Å². The molecule has 1 atom stereocenters. The van der Waals surface area contributed by atoms with Gasteiger partial charge >= 0.3 is 5.97 Å². The number of aryl methyl sites for hydroxylation is 1. The van der Waals surface area contributed by atoms with Crippen LogP contribution in [0.15, 0.2) is 65.1 Å². The molecule has 1 unspecified atom stereocenters. The van der Waals surface area contributed by atoms with E-state index in [0.29, 0.717) is 48.1 Å². The number of benzene rings is 2. The molecule has 1 heterocycles. The van der Waals surface area contributed by atoms with Crippen LogP contribution >= 0.6 is 11.6 Å². The van der Waals surface area contributed by atoms with Crippen molar-refractivity contribution in [1.29, 1.82) is 0 Å². The Bertz CT molecular complexity index is 1180. The summed E-state index contributed by atoms with van der Waals surface area (Å²) in [6.07, 6.45) is 2.20. The van der Waals surface area contributed by atoms with Crippen LogP contribution in [-0.2, 0) is 9.53 Å². The quantitative estimate of drug-likeness (QED) is 0.420. The third-order valence-electron chi connectivity index (χ3n) is 6.99. The summed E-state index contributed by atoms with van der Waals surface area (Å²) >= 11 is 5.97. The Morgan fingerprint density at radius 1 is 1.09 bits per heavy atom. The molecule has 1 fully saturated rings. The van der Waals surface area contributed by atoms with Crippen molar-refractivity contribution < 1.29 is 18.7 Å². The minimum absolute atomic E-state index is 0.204. The van der Waals surface area contributed by atoms with Crippen LogP contribution in [-0.4, -0.2) is 36.5 Å². The second-order valence-electron chi connectivity index (χ2n) is 9.49. The molecular formula is C28H31ClN2O4. The predicted molar refractivity (Wildman–Crippen MR) is 136 cm³/mol. The Balaban J connectivity index is 1.51. The average molecular weight is 495 g/mol. The highest BCUT2D eigenvalue weighted by Crippen LogP contribution is 2.43. The number of nitrogens with zero attached hydrogens (tertiary/aromatic N) is 1. The lowest BCUT2D eigenvalue weighted by molar-refractivity contribution is -0.142. The normalized spacial score (nSPS) is 21.0. The molecule has 1 aliphatic rings. The van der Waals surface area contributed by atoms with Crippen molar-refractivity contribution >= 4 is 23.5 Å². The molecule has 0 radical (unpaired) electrons. The fourth-order valence-electron chi connectivity index (χ4n) is 5.14. The summed E-state index contributed by atoms with van der Waals surface area (Å²) in [5.41, 5.74) is 6.78. The zero-order chi connectivity index (χ0) is 25.2. The third kappa shape index (κ3) is 5.29. The molecule has 4 rings (SSSR count). The molecule has 0 bridgehead atoms. The first-order valence-corrected chi connectivity index (χ1v) is 12.2. The zero-order valence-corrected chi connectivity index (χ0v) is 21.0. The van der Waals surface area contributed by atoms with Crippen LogP contribution in [0, 0.1) is 12.8 Å². The number of carbonyl (C=O) groups excluding carboxylic acids is 2. The lowest BCUT2D eigenvalue weighted by atomic mass is 9.73. The van der Waals surface area contributed by atoms with Gasteiger partial charge in [0.25, 0.3) is 5.91 Å². The predicted octanol–water partition coefficient (Wildman–Crippen LogP) is 5.78. The van der Waals surface area contributed by atoms with Gasteiger partial charge in [0.1, 0.15) is 17.1 Å². The number of ether oxygens (including phenoxy) is 1. The van der Waals surface area contributed by atoms with E-state index in [2.05, 4.69) is 31.1 Å². The number of hydrogen-bond acceptors (Lipinski definition) is 5. The minimum atomic E-state index is -1.33. The van der Waals surface area contributed by atoms with E-state index in [4.69, 9.17) is 26.5 Å². The number of nitrogens with two attached hydrogens (primary N) is 1. The van der Waals surface area contributed by atoms with Crippen molar-refractivity contribution in [3.8, 4) is 11.3 Å². The summed E-state index contributed by atoms with van der Waals surface area (Å²) in [6, 6.07) is 19.3. The molecule has 1 aromatic heterocycles. The number of hydrogen-bond donors (Lipinski definition) is 1. The lowest BCUT2D eigenvalue weighted by Gasteiger charge is -2.41. The molecule has 2 N–H and O–H groups in total. The molecule has 0 aliphatic heterocycles. The van der Waals surface area contributed by atoms with E-state index >= 15 is 0 Å². The molecule has 6 nitrogen and oxygen atoms in total. The van der Waals surface area contributed by atoms with E-state index in [9.17, 15) is 9.59 Å². The van der Waals surface area contributed by atoms with Crippen molar-refractivity contribution in [3.05, 3.63) is 82.6 Å². The topological polar surface area (TPSA) is 85.8 Å². The van der Waals surface area contributed by atoms with Gasteiger partial charge in [0, 0.05) is 16.6 Å². The minimum Gasteiger partial charge on any atom is -0.460 e. The Hall–Kier alpha value is -3.09. The van der Waals surface area contributed by atoms with E-state index in [1.807, 2.05) is 30.3 Å². The molecule has 0 spiro atoms. The molecule has 1 amide bonds. The fraction of sp³-hybridized carbons (Fsp3) is 0.357. The Kier molecular flexibility index (Phi) is 7.33. The van der Waals surface area contributed by atoms with Gasteiger partial charge in [-0.1, -0.05) is 41.9 Å². The van der Waals surface area contributed by atoms with E-state index in [0.717, 1.165) is 5.56 Å². The molecule has 1 aliphatic carbocycles. The Labute approximate surface area is 211 Å². The van der Waals surface area contributed by atoms with E-state index in [1.54, 1.807) is 25.1 Å². The standard InChI is InChI=1S/C28H31ClN2O4/c1-18-23(17-24(34-18)19-9-11-22(29)12-10-19)26(32)35-28(27(30)33)15-13-21(14-16-28)25(31(2)3)20-7-5-4-6-8-20/h4-12,17,21,25H,13-16H2,1-3H3,(H2,30,33). The molecule has 2 aromatic carbocycles. The van der Waals surface area contributed by atoms with Crippen LogP contribution in [0.1, 0.15) is 53.4 Å². The first-order chi connectivity index (χ1) is 16.7. The number of carbonyl (C=O) groups is 2. The number of primary amides is 1. The van der Waals surface area contributed by atoms with Crippen molar-refractivity contribution in [2.45, 2.75) is 44.2 Å². The summed E-state index contributed by atoms with van der Waals surface area (Å²) in [5, 5.41) is 0.611. The van der Waals surface area contributed by atoms with Gasteiger partial charge in [-0.15, -0.1) is 0 Å². The van der Waals surface area contributed by atoms with Gasteiger partial charge < -0.3 is 19.8 Å². The summed E-state index contributed by atoms with van der Waals surface area (Å²) in [4.78, 5) is 27.9. The largest absolute Gasteiger partial charge is 0.460 e. The van der Waals surface area contributed by atoms with Crippen LogP contribution in [0.3, 0.4) is 0 Å². The van der Waals surface area contributed by atoms with Crippen molar-refractivity contribution in [2.75, 3.05) is 14.1 Å². The lowest BCUT2D eigenvalue weighted by Crippen LogP contribution is -2.51. The molecule has 35 heavy (non-hydrogen) atoms. The molecule has 0 saturated heterocycles. The summed E-state index contributed by atoms with van der Waals surface area (Å²) in [5.74, 6) is 0.0517. The first-order valence-electron chi connectivity index (χ1n) is 11.8. The number of amides is 1. The van der Waals surface area contributed by atoms with Gasteiger partial charge in [0.05, 0.1) is 0 Å². The number of furan rings is 1. The molecule has 1 saturated carbocycles. The van der Waals surface area contributed by atoms with Crippen molar-refractivity contribution in [2.24, 2.45) is 11.7 Å². The van der Waals surface area contributed by atoms with Crippen LogP contribution in [0.4, 0.5) is 0 Å². The van der Waals surface area contributed by atoms with Crippen LogP contribution in [0.2, 0.25) is 5.02 Å². The summed E-state index contributed by atoms with van der Waals surface area (Å²) in [6.45, 7) is 1.70. The highest BCUT2D eigenvalue weighted by atomic mass is 35.5. The maximum absolute atomic E-state index is 13.2. The summed E-state index contributed by atoms with van der Waals surface area (Å²) < 4.78 is 11.7. The van der Waals surface area contributed by atoms with Gasteiger partial charge in [-0.2, -0.15) is 0 Å². The second-order valence-corrected chi connectivity index (χ2v) is 9.93. The molecule has 3 aromatic rings. The molecule has 184 valence electrons. The summed E-state index contributed by atoms with van der Waals surface area (Å²) in [7, 11) is 4.13. The molecule has 7 heteroatoms. The van der Waals surface area contributed by atoms with E-state index in [-0.39, 0.29) is 11.6 Å². The second kappa shape index (κ2) is 10.3. The number of halogens is 1. The Morgan fingerprint density at radius 2 is 1.71 bits per heavy atom. The first kappa shape index (κ1) is 25.0. The number of rotatable bonds is 7. The van der Waals surface area contributed by atoms with Gasteiger partial charge in [0.2, 0.25) is 0 Å². The SMILES string of the molecule is Cc1oc(-c2ccc(Cl)cc2)cc1C(=O)OC1(C(N)=O)CCC(C(c2ccccc2)N(C)C)CC1. The van der Waals surface area contributed by atoms with Gasteiger partial charge in [-0.3, -0.25) is 4.79 Å². The van der Waals surface area contributed by atoms with Crippen LogP contribution in [0.25, 0.3) is 11.3 Å². The van der Waals surface area contributed by atoms with Crippen LogP contribution in [0.5, 0.6) is 0 Å². The Morgan fingerprint density at radius 3 is 2.29 bits per heavy atom. The highest BCUT2D eigenvalue weighted by Gasteiger charge is 2.46. The number of esters is 1. The van der Waals surface area contributed by atoms with Crippen molar-refractivity contribution in [3.63, 3.8) is 0 Å². The smallest absolute Gasteiger partial charge is 0.342 e. The third-order valence-corrected chi connectivity index (χ3v) is 7.24. The van der Waals surface area contributed by atoms with E-state index in [1.165, 1.54) is 5.56 Å². The van der Waals surface area contributed by atoms with Gasteiger partial charge in [0.15, 0.2) is 5.60 Å². The zero-order valence-electron chi connectivity index (χ0n) is 20.3. The maximum atomic E-state index is 13.2. The highest BCUT2D eigenvalue weighted by molar-refractivity contribution is 6.30. The van der Waals surface area contributed by atoms with Gasteiger partial charge in [-0.05, 0) is 88.5 Å².